The van der Waals surface area contributed by atoms with Crippen molar-refractivity contribution in [1.82, 2.24) is 9.21 Å². The van der Waals surface area contributed by atoms with Crippen molar-refractivity contribution in [3.8, 4) is 6.07 Å². The summed E-state index contributed by atoms with van der Waals surface area (Å²) in [5, 5.41) is 9.10. The molecule has 22 heavy (non-hydrogen) atoms. The Bertz CT molecular complexity index is 694. The molecule has 1 saturated heterocycles. The predicted octanol–water partition coefficient (Wildman–Crippen LogP) is 1.19. The molecule has 0 saturated carbocycles. The van der Waals surface area contributed by atoms with Crippen LogP contribution in [0.25, 0.3) is 0 Å². The Kier molecular flexibility index (Phi) is 5.16. The van der Waals surface area contributed by atoms with Gasteiger partial charge in [0.25, 0.3) is 0 Å². The van der Waals surface area contributed by atoms with Gasteiger partial charge in [0.2, 0.25) is 15.9 Å². The molecule has 7 heteroatoms. The number of hydrogen-bond acceptors (Lipinski definition) is 4. The van der Waals surface area contributed by atoms with E-state index < -0.39 is 10.0 Å². The number of amides is 1. The first kappa shape index (κ1) is 16.5. The molecule has 2 rings (SSSR count). The lowest BCUT2D eigenvalue weighted by atomic mass is 10.2. The van der Waals surface area contributed by atoms with E-state index in [1.54, 1.807) is 24.0 Å². The molecular weight excluding hydrogens is 302 g/mol. The van der Waals surface area contributed by atoms with E-state index in [1.165, 1.54) is 16.4 Å². The zero-order chi connectivity index (χ0) is 16.2. The second-order valence-electron chi connectivity index (χ2n) is 5.10. The molecule has 1 aliphatic heterocycles. The van der Waals surface area contributed by atoms with Crippen LogP contribution < -0.4 is 0 Å². The van der Waals surface area contributed by atoms with Crippen molar-refractivity contribution in [2.45, 2.75) is 24.7 Å². The first-order valence-electron chi connectivity index (χ1n) is 7.27. The van der Waals surface area contributed by atoms with Crippen LogP contribution in [0, 0.1) is 11.3 Å². The Balaban J connectivity index is 2.24. The minimum atomic E-state index is -3.71. The minimum absolute atomic E-state index is 0.0350. The van der Waals surface area contributed by atoms with Gasteiger partial charge in [0, 0.05) is 32.6 Å². The molecule has 0 spiro atoms. The average Bonchev–Trinajstić information content (AvgIpc) is 2.80. The molecule has 1 fully saturated rings. The minimum Gasteiger partial charge on any atom is -0.341 e. The number of nitriles is 1. The predicted molar refractivity (Wildman–Crippen MR) is 81.4 cm³/mol. The molecule has 1 heterocycles. The fraction of sp³-hybridized carbons (Fsp3) is 0.467. The van der Waals surface area contributed by atoms with Crippen LogP contribution in [0.3, 0.4) is 0 Å². The molecule has 0 unspecified atom stereocenters. The summed E-state index contributed by atoms with van der Waals surface area (Å²) < 4.78 is 26.8. The summed E-state index contributed by atoms with van der Waals surface area (Å²) in [5.41, 5.74) is 0.147. The highest BCUT2D eigenvalue weighted by Crippen LogP contribution is 2.21. The smallest absolute Gasteiger partial charge is 0.244 e. The van der Waals surface area contributed by atoms with Gasteiger partial charge in [-0.2, -0.15) is 9.57 Å². The van der Waals surface area contributed by atoms with Crippen LogP contribution in [-0.2, 0) is 14.8 Å². The third-order valence-electron chi connectivity index (χ3n) is 3.74. The van der Waals surface area contributed by atoms with Gasteiger partial charge in [0.1, 0.15) is 6.07 Å². The van der Waals surface area contributed by atoms with Crippen molar-refractivity contribution in [2.24, 2.45) is 0 Å². The van der Waals surface area contributed by atoms with Crippen molar-refractivity contribution in [1.29, 1.82) is 5.26 Å². The van der Waals surface area contributed by atoms with Crippen molar-refractivity contribution in [2.75, 3.05) is 26.2 Å². The van der Waals surface area contributed by atoms with Gasteiger partial charge in [-0.25, -0.2) is 8.42 Å². The SMILES string of the molecule is CCC(=O)N1CCCN(S(=O)(=O)c2ccccc2C#N)CC1. The number of nitrogens with zero attached hydrogens (tertiary/aromatic N) is 3. The summed E-state index contributed by atoms with van der Waals surface area (Å²) in [6.45, 7) is 3.37. The third kappa shape index (κ3) is 3.29. The van der Waals surface area contributed by atoms with Gasteiger partial charge in [-0.1, -0.05) is 19.1 Å². The maximum absolute atomic E-state index is 12.7. The highest BCUT2D eigenvalue weighted by Gasteiger charge is 2.29. The number of benzene rings is 1. The normalized spacial score (nSPS) is 16.8. The summed E-state index contributed by atoms with van der Waals surface area (Å²) in [5.74, 6) is 0.0386. The summed E-state index contributed by atoms with van der Waals surface area (Å²) >= 11 is 0. The van der Waals surface area contributed by atoms with Gasteiger partial charge in [0.15, 0.2) is 0 Å². The largest absolute Gasteiger partial charge is 0.341 e. The quantitative estimate of drug-likeness (QED) is 0.837. The van der Waals surface area contributed by atoms with Crippen LogP contribution in [0.4, 0.5) is 0 Å². The maximum atomic E-state index is 12.7. The van der Waals surface area contributed by atoms with E-state index in [9.17, 15) is 13.2 Å². The number of carbonyl (C=O) groups excluding carboxylic acids is 1. The number of carbonyl (C=O) groups is 1. The van der Waals surface area contributed by atoms with Crippen molar-refractivity contribution < 1.29 is 13.2 Å². The Morgan fingerprint density at radius 2 is 1.95 bits per heavy atom. The van der Waals surface area contributed by atoms with Crippen LogP contribution in [0.2, 0.25) is 0 Å². The molecule has 0 bridgehead atoms. The highest BCUT2D eigenvalue weighted by atomic mass is 32.2. The summed E-state index contributed by atoms with van der Waals surface area (Å²) in [6, 6.07) is 8.12. The Morgan fingerprint density at radius 1 is 1.23 bits per heavy atom. The van der Waals surface area contributed by atoms with Crippen molar-refractivity contribution >= 4 is 15.9 Å². The maximum Gasteiger partial charge on any atom is 0.244 e. The van der Waals surface area contributed by atoms with Crippen molar-refractivity contribution in [3.05, 3.63) is 29.8 Å². The van der Waals surface area contributed by atoms with E-state index in [1.807, 2.05) is 6.07 Å². The van der Waals surface area contributed by atoms with Gasteiger partial charge in [-0.3, -0.25) is 4.79 Å². The van der Waals surface area contributed by atoms with E-state index in [4.69, 9.17) is 5.26 Å². The number of hydrogen-bond donors (Lipinski definition) is 0. The van der Waals surface area contributed by atoms with E-state index in [-0.39, 0.29) is 22.9 Å². The summed E-state index contributed by atoms with van der Waals surface area (Å²) in [6.07, 6.45) is 1.02. The zero-order valence-electron chi connectivity index (χ0n) is 12.5. The molecule has 1 aromatic rings. The average molecular weight is 321 g/mol. The van der Waals surface area contributed by atoms with Crippen LogP contribution >= 0.6 is 0 Å². The van der Waals surface area contributed by atoms with E-state index in [0.29, 0.717) is 32.5 Å². The van der Waals surface area contributed by atoms with E-state index >= 15 is 0 Å². The number of rotatable bonds is 3. The first-order chi connectivity index (χ1) is 10.5. The van der Waals surface area contributed by atoms with Crippen LogP contribution in [0.1, 0.15) is 25.3 Å². The van der Waals surface area contributed by atoms with E-state index in [2.05, 4.69) is 0 Å². The highest BCUT2D eigenvalue weighted by molar-refractivity contribution is 7.89. The van der Waals surface area contributed by atoms with Gasteiger partial charge in [-0.15, -0.1) is 0 Å². The van der Waals surface area contributed by atoms with Gasteiger partial charge < -0.3 is 4.90 Å². The summed E-state index contributed by atoms with van der Waals surface area (Å²) in [4.78, 5) is 13.5. The van der Waals surface area contributed by atoms with Gasteiger partial charge in [0.05, 0.1) is 10.5 Å². The molecule has 118 valence electrons. The van der Waals surface area contributed by atoms with Crippen molar-refractivity contribution in [3.63, 3.8) is 0 Å². The Labute approximate surface area is 131 Å². The molecule has 0 radical (unpaired) electrons. The first-order valence-corrected chi connectivity index (χ1v) is 8.71. The lowest BCUT2D eigenvalue weighted by molar-refractivity contribution is -0.130. The summed E-state index contributed by atoms with van der Waals surface area (Å²) in [7, 11) is -3.71. The molecule has 6 nitrogen and oxygen atoms in total. The topological polar surface area (TPSA) is 81.5 Å². The molecule has 1 amide bonds. The van der Waals surface area contributed by atoms with Crippen LogP contribution in [0.5, 0.6) is 0 Å². The zero-order valence-corrected chi connectivity index (χ0v) is 13.3. The van der Waals surface area contributed by atoms with Crippen LogP contribution in [-0.4, -0.2) is 49.7 Å². The fourth-order valence-corrected chi connectivity index (χ4v) is 4.14. The molecule has 0 atom stereocenters. The fourth-order valence-electron chi connectivity index (χ4n) is 2.53. The molecular formula is C15H19N3O3S. The molecule has 0 aliphatic carbocycles. The molecule has 1 aromatic carbocycles. The van der Waals surface area contributed by atoms with Crippen LogP contribution in [0.15, 0.2) is 29.2 Å². The lowest BCUT2D eigenvalue weighted by Crippen LogP contribution is -2.37. The third-order valence-corrected chi connectivity index (χ3v) is 5.69. The Hall–Kier alpha value is -1.91. The second-order valence-corrected chi connectivity index (χ2v) is 7.01. The van der Waals surface area contributed by atoms with Gasteiger partial charge in [-0.05, 0) is 18.6 Å². The second kappa shape index (κ2) is 6.90. The standard InChI is InChI=1S/C15H19N3O3S/c1-2-15(19)17-8-5-9-18(11-10-17)22(20,21)14-7-4-3-6-13(14)12-16/h3-4,6-7H,2,5,8-11H2,1H3. The van der Waals surface area contributed by atoms with Gasteiger partial charge >= 0.3 is 0 Å². The van der Waals surface area contributed by atoms with E-state index in [0.717, 1.165) is 0 Å². The lowest BCUT2D eigenvalue weighted by Gasteiger charge is -2.22. The monoisotopic (exact) mass is 321 g/mol. The molecule has 0 aromatic heterocycles. The molecule has 0 N–H and O–H groups in total. The Morgan fingerprint density at radius 3 is 2.64 bits per heavy atom. The molecule has 1 aliphatic rings. The number of sulfonamides is 1.